The summed E-state index contributed by atoms with van der Waals surface area (Å²) in [5.41, 5.74) is -0.134. The topological polar surface area (TPSA) is 20.3 Å². The Hall–Kier alpha value is -1.52. The maximum atomic E-state index is 13.1. The Bertz CT molecular complexity index is 463. The average Bonchev–Trinajstić information content (AvgIpc) is 3.18. The zero-order chi connectivity index (χ0) is 14.0. The third-order valence-electron chi connectivity index (χ3n) is 3.19. The standard InChI is InChI=1S/C14H16F3NO/c1-2-5-18(8-9-3-4-9)14(19)10-6-11(15)13(17)12(16)7-10/h6-7,9H,2-5,8H2,1H3. The molecule has 0 bridgehead atoms. The molecule has 0 unspecified atom stereocenters. The molecule has 1 saturated carbocycles. The normalized spacial score (nSPS) is 14.5. The molecule has 0 N–H and O–H groups in total. The predicted octanol–water partition coefficient (Wildman–Crippen LogP) is 3.37. The Morgan fingerprint density at radius 1 is 1.26 bits per heavy atom. The quantitative estimate of drug-likeness (QED) is 0.752. The smallest absolute Gasteiger partial charge is 0.254 e. The summed E-state index contributed by atoms with van der Waals surface area (Å²) in [6, 6.07) is 1.52. The van der Waals surface area contributed by atoms with Crippen LogP contribution in [0.25, 0.3) is 0 Å². The summed E-state index contributed by atoms with van der Waals surface area (Å²) in [6.07, 6.45) is 2.93. The number of amides is 1. The van der Waals surface area contributed by atoms with Gasteiger partial charge in [0, 0.05) is 18.7 Å². The molecular weight excluding hydrogens is 255 g/mol. The Kier molecular flexibility index (Phi) is 4.12. The van der Waals surface area contributed by atoms with Gasteiger partial charge in [0.2, 0.25) is 0 Å². The number of carbonyl (C=O) groups excluding carboxylic acids is 1. The third kappa shape index (κ3) is 3.28. The molecular formula is C14H16F3NO. The maximum absolute atomic E-state index is 13.1. The number of rotatable bonds is 5. The number of nitrogens with zero attached hydrogens (tertiary/aromatic N) is 1. The molecule has 0 spiro atoms. The summed E-state index contributed by atoms with van der Waals surface area (Å²) in [4.78, 5) is 13.8. The molecule has 0 radical (unpaired) electrons. The van der Waals surface area contributed by atoms with Gasteiger partial charge in [-0.25, -0.2) is 13.2 Å². The second-order valence-electron chi connectivity index (χ2n) is 4.95. The fourth-order valence-electron chi connectivity index (χ4n) is 2.02. The minimum atomic E-state index is -1.54. The molecule has 19 heavy (non-hydrogen) atoms. The summed E-state index contributed by atoms with van der Waals surface area (Å²) >= 11 is 0. The first-order chi connectivity index (χ1) is 9.02. The lowest BCUT2D eigenvalue weighted by molar-refractivity contribution is 0.0746. The summed E-state index contributed by atoms with van der Waals surface area (Å²) < 4.78 is 39.1. The average molecular weight is 271 g/mol. The van der Waals surface area contributed by atoms with E-state index in [-0.39, 0.29) is 5.56 Å². The highest BCUT2D eigenvalue weighted by atomic mass is 19.2. The van der Waals surface area contributed by atoms with E-state index in [0.717, 1.165) is 31.4 Å². The predicted molar refractivity (Wildman–Crippen MR) is 65.2 cm³/mol. The van der Waals surface area contributed by atoms with Crippen molar-refractivity contribution in [3.8, 4) is 0 Å². The van der Waals surface area contributed by atoms with Crippen molar-refractivity contribution in [2.75, 3.05) is 13.1 Å². The van der Waals surface area contributed by atoms with Gasteiger partial charge in [-0.2, -0.15) is 0 Å². The molecule has 2 rings (SSSR count). The van der Waals surface area contributed by atoms with E-state index in [1.54, 1.807) is 4.90 Å². The Morgan fingerprint density at radius 2 is 1.84 bits per heavy atom. The molecule has 2 nitrogen and oxygen atoms in total. The molecule has 1 amide bonds. The summed E-state index contributed by atoms with van der Waals surface area (Å²) in [5.74, 6) is -4.14. The van der Waals surface area contributed by atoms with E-state index >= 15 is 0 Å². The Labute approximate surface area is 110 Å². The van der Waals surface area contributed by atoms with E-state index in [0.29, 0.717) is 19.0 Å². The van der Waals surface area contributed by atoms with Crippen LogP contribution in [-0.4, -0.2) is 23.9 Å². The van der Waals surface area contributed by atoms with E-state index in [1.165, 1.54) is 0 Å². The highest BCUT2D eigenvalue weighted by Gasteiger charge is 2.27. The van der Waals surface area contributed by atoms with Crippen LogP contribution in [0.5, 0.6) is 0 Å². The van der Waals surface area contributed by atoms with Crippen LogP contribution >= 0.6 is 0 Å². The van der Waals surface area contributed by atoms with Crippen molar-refractivity contribution in [1.82, 2.24) is 4.90 Å². The van der Waals surface area contributed by atoms with Gasteiger partial charge in [0.25, 0.3) is 5.91 Å². The van der Waals surface area contributed by atoms with Gasteiger partial charge in [-0.05, 0) is 37.3 Å². The lowest BCUT2D eigenvalue weighted by Crippen LogP contribution is -2.33. The first-order valence-electron chi connectivity index (χ1n) is 6.46. The van der Waals surface area contributed by atoms with Gasteiger partial charge in [0.15, 0.2) is 17.5 Å². The number of hydrogen-bond donors (Lipinski definition) is 0. The molecule has 1 aromatic rings. The number of carbonyl (C=O) groups is 1. The Morgan fingerprint density at radius 3 is 2.32 bits per heavy atom. The summed E-state index contributed by atoms with van der Waals surface area (Å²) in [6.45, 7) is 3.07. The maximum Gasteiger partial charge on any atom is 0.254 e. The third-order valence-corrected chi connectivity index (χ3v) is 3.19. The zero-order valence-electron chi connectivity index (χ0n) is 10.8. The van der Waals surface area contributed by atoms with Gasteiger partial charge in [-0.15, -0.1) is 0 Å². The van der Waals surface area contributed by atoms with E-state index in [9.17, 15) is 18.0 Å². The van der Waals surface area contributed by atoms with E-state index < -0.39 is 23.4 Å². The van der Waals surface area contributed by atoms with Crippen LogP contribution in [-0.2, 0) is 0 Å². The van der Waals surface area contributed by atoms with Gasteiger partial charge in [0.05, 0.1) is 0 Å². The zero-order valence-corrected chi connectivity index (χ0v) is 10.8. The molecule has 0 heterocycles. The second-order valence-corrected chi connectivity index (χ2v) is 4.95. The van der Waals surface area contributed by atoms with Crippen LogP contribution in [0.3, 0.4) is 0 Å². The van der Waals surface area contributed by atoms with Gasteiger partial charge >= 0.3 is 0 Å². The molecule has 0 saturated heterocycles. The number of halogens is 3. The fourth-order valence-corrected chi connectivity index (χ4v) is 2.02. The van der Waals surface area contributed by atoms with Crippen molar-refractivity contribution in [2.24, 2.45) is 5.92 Å². The van der Waals surface area contributed by atoms with Crippen LogP contribution in [0.15, 0.2) is 12.1 Å². The number of benzene rings is 1. The molecule has 5 heteroatoms. The molecule has 0 atom stereocenters. The van der Waals surface area contributed by atoms with E-state index in [4.69, 9.17) is 0 Å². The molecule has 1 aliphatic rings. The van der Waals surface area contributed by atoms with Crippen LogP contribution in [0.1, 0.15) is 36.5 Å². The SMILES string of the molecule is CCCN(CC1CC1)C(=O)c1cc(F)c(F)c(F)c1. The molecule has 1 fully saturated rings. The lowest BCUT2D eigenvalue weighted by Gasteiger charge is -2.22. The van der Waals surface area contributed by atoms with Gasteiger partial charge < -0.3 is 4.90 Å². The minimum absolute atomic E-state index is 0.134. The van der Waals surface area contributed by atoms with Crippen LogP contribution in [0.2, 0.25) is 0 Å². The van der Waals surface area contributed by atoms with Crippen molar-refractivity contribution in [3.05, 3.63) is 35.1 Å². The Balaban J connectivity index is 2.20. The van der Waals surface area contributed by atoms with Crippen LogP contribution < -0.4 is 0 Å². The molecule has 0 aromatic heterocycles. The molecule has 0 aliphatic heterocycles. The largest absolute Gasteiger partial charge is 0.338 e. The van der Waals surface area contributed by atoms with Crippen LogP contribution in [0, 0.1) is 23.4 Å². The fraction of sp³-hybridized carbons (Fsp3) is 0.500. The second kappa shape index (κ2) is 5.63. The number of hydrogen-bond acceptors (Lipinski definition) is 1. The van der Waals surface area contributed by atoms with Gasteiger partial charge in [-0.3, -0.25) is 4.79 Å². The van der Waals surface area contributed by atoms with E-state index in [1.807, 2.05) is 6.92 Å². The summed E-state index contributed by atoms with van der Waals surface area (Å²) in [5, 5.41) is 0. The van der Waals surface area contributed by atoms with Crippen LogP contribution in [0.4, 0.5) is 13.2 Å². The van der Waals surface area contributed by atoms with Gasteiger partial charge in [0.1, 0.15) is 0 Å². The van der Waals surface area contributed by atoms with Crippen molar-refractivity contribution in [2.45, 2.75) is 26.2 Å². The van der Waals surface area contributed by atoms with Crippen molar-refractivity contribution < 1.29 is 18.0 Å². The van der Waals surface area contributed by atoms with Crippen molar-refractivity contribution in [1.29, 1.82) is 0 Å². The molecule has 1 aromatic carbocycles. The minimum Gasteiger partial charge on any atom is -0.338 e. The first-order valence-corrected chi connectivity index (χ1v) is 6.46. The lowest BCUT2D eigenvalue weighted by atomic mass is 10.1. The highest BCUT2D eigenvalue weighted by molar-refractivity contribution is 5.94. The van der Waals surface area contributed by atoms with Crippen molar-refractivity contribution >= 4 is 5.91 Å². The summed E-state index contributed by atoms with van der Waals surface area (Å²) in [7, 11) is 0. The van der Waals surface area contributed by atoms with Gasteiger partial charge in [-0.1, -0.05) is 6.92 Å². The monoisotopic (exact) mass is 271 g/mol. The van der Waals surface area contributed by atoms with Crippen molar-refractivity contribution in [3.63, 3.8) is 0 Å². The van der Waals surface area contributed by atoms with E-state index in [2.05, 4.69) is 0 Å². The molecule has 104 valence electrons. The first kappa shape index (κ1) is 13.9. The highest BCUT2D eigenvalue weighted by Crippen LogP contribution is 2.30. The molecule has 1 aliphatic carbocycles.